The van der Waals surface area contributed by atoms with Crippen LogP contribution in [0.4, 0.5) is 11.4 Å². The zero-order valence-corrected chi connectivity index (χ0v) is 16.5. The van der Waals surface area contributed by atoms with E-state index in [1.165, 1.54) is 4.90 Å². The number of amides is 2. The van der Waals surface area contributed by atoms with Gasteiger partial charge in [0.25, 0.3) is 5.91 Å². The lowest BCUT2D eigenvalue weighted by Crippen LogP contribution is -2.59. The van der Waals surface area contributed by atoms with Gasteiger partial charge in [-0.25, -0.2) is 4.79 Å². The number of nitrogens with one attached hydrogen (secondary N) is 2. The Morgan fingerprint density at radius 2 is 1.77 bits per heavy atom. The second-order valence-corrected chi connectivity index (χ2v) is 7.37. The first kappa shape index (κ1) is 19.4. The smallest absolute Gasteiger partial charge is 0.356 e. The van der Waals surface area contributed by atoms with E-state index in [0.29, 0.717) is 17.1 Å². The molecule has 1 aliphatic rings. The number of benzene rings is 2. The van der Waals surface area contributed by atoms with Crippen LogP contribution in [0.25, 0.3) is 11.3 Å². The molecule has 0 unspecified atom stereocenters. The summed E-state index contributed by atoms with van der Waals surface area (Å²) in [6, 6.07) is 17.9. The summed E-state index contributed by atoms with van der Waals surface area (Å²) in [4.78, 5) is 39.2. The van der Waals surface area contributed by atoms with Crippen molar-refractivity contribution in [3.63, 3.8) is 0 Å². The van der Waals surface area contributed by atoms with Gasteiger partial charge in [-0.2, -0.15) is 5.10 Å². The third-order valence-electron chi connectivity index (χ3n) is 4.95. The van der Waals surface area contributed by atoms with Crippen LogP contribution in [0, 0.1) is 0 Å². The van der Waals surface area contributed by atoms with Crippen LogP contribution in [0.5, 0.6) is 0 Å². The standard InChI is InChI=1S/C22H20N4O4/c1-22(2)21(29)23-15-10-6-7-11-18(15)26(22)19(27)13-30-20(28)17-12-16(24-25-17)14-8-4-3-5-9-14/h3-12H,13H2,1-2H3,(H,23,29)(H,24,25). The number of carbonyl (C=O) groups excluding carboxylic acids is 3. The van der Waals surface area contributed by atoms with E-state index >= 15 is 0 Å². The second kappa shape index (κ2) is 7.47. The van der Waals surface area contributed by atoms with Crippen molar-refractivity contribution >= 4 is 29.2 Å². The highest BCUT2D eigenvalue weighted by molar-refractivity contribution is 6.14. The van der Waals surface area contributed by atoms with E-state index in [1.807, 2.05) is 30.3 Å². The van der Waals surface area contributed by atoms with E-state index in [0.717, 1.165) is 5.56 Å². The molecule has 0 aliphatic carbocycles. The van der Waals surface area contributed by atoms with Gasteiger partial charge in [-0.15, -0.1) is 0 Å². The fraction of sp³-hybridized carbons (Fsp3) is 0.182. The fourth-order valence-corrected chi connectivity index (χ4v) is 3.35. The zero-order chi connectivity index (χ0) is 21.3. The molecule has 0 atom stereocenters. The minimum absolute atomic E-state index is 0.137. The van der Waals surface area contributed by atoms with Crippen molar-refractivity contribution in [3.8, 4) is 11.3 Å². The molecule has 4 rings (SSSR count). The summed E-state index contributed by atoms with van der Waals surface area (Å²) in [7, 11) is 0. The van der Waals surface area contributed by atoms with Gasteiger partial charge in [-0.05, 0) is 32.0 Å². The topological polar surface area (TPSA) is 104 Å². The number of hydrogen-bond acceptors (Lipinski definition) is 5. The number of rotatable bonds is 4. The molecule has 30 heavy (non-hydrogen) atoms. The molecule has 2 amide bonds. The van der Waals surface area contributed by atoms with Crippen LogP contribution in [0.2, 0.25) is 0 Å². The Hall–Kier alpha value is -3.94. The summed E-state index contributed by atoms with van der Waals surface area (Å²) in [5.74, 6) is -1.52. The van der Waals surface area contributed by atoms with Crippen LogP contribution in [-0.2, 0) is 14.3 Å². The largest absolute Gasteiger partial charge is 0.451 e. The first-order chi connectivity index (χ1) is 14.4. The molecule has 0 saturated carbocycles. The highest BCUT2D eigenvalue weighted by Crippen LogP contribution is 2.36. The van der Waals surface area contributed by atoms with Crippen molar-refractivity contribution < 1.29 is 19.1 Å². The maximum Gasteiger partial charge on any atom is 0.356 e. The van der Waals surface area contributed by atoms with Crippen LogP contribution in [0.3, 0.4) is 0 Å². The predicted octanol–water partition coefficient (Wildman–Crippen LogP) is 3.00. The number of nitrogens with zero attached hydrogens (tertiary/aromatic N) is 2. The lowest BCUT2D eigenvalue weighted by molar-refractivity contribution is -0.128. The van der Waals surface area contributed by atoms with Gasteiger partial charge in [0, 0.05) is 5.56 Å². The second-order valence-electron chi connectivity index (χ2n) is 7.37. The van der Waals surface area contributed by atoms with Crippen LogP contribution >= 0.6 is 0 Å². The summed E-state index contributed by atoms with van der Waals surface area (Å²) in [5.41, 5.74) is 1.53. The minimum atomic E-state index is -1.13. The molecule has 0 radical (unpaired) electrons. The molecular weight excluding hydrogens is 384 g/mol. The Balaban J connectivity index is 1.49. The third-order valence-corrected chi connectivity index (χ3v) is 4.95. The Labute approximate surface area is 172 Å². The molecule has 0 saturated heterocycles. The first-order valence-electron chi connectivity index (χ1n) is 9.39. The van der Waals surface area contributed by atoms with Crippen LogP contribution in [0.1, 0.15) is 24.3 Å². The fourth-order valence-electron chi connectivity index (χ4n) is 3.35. The molecule has 3 aromatic rings. The first-order valence-corrected chi connectivity index (χ1v) is 9.39. The molecule has 2 aromatic carbocycles. The summed E-state index contributed by atoms with van der Waals surface area (Å²) in [6.07, 6.45) is 0. The molecule has 8 heteroatoms. The maximum atomic E-state index is 12.9. The van der Waals surface area contributed by atoms with Crippen LogP contribution in [-0.4, -0.2) is 40.1 Å². The zero-order valence-electron chi connectivity index (χ0n) is 16.5. The molecular formula is C22H20N4O4. The summed E-state index contributed by atoms with van der Waals surface area (Å²) >= 11 is 0. The van der Waals surface area contributed by atoms with Gasteiger partial charge in [0.15, 0.2) is 6.61 Å². The number of esters is 1. The van der Waals surface area contributed by atoms with Crippen molar-refractivity contribution in [2.75, 3.05) is 16.8 Å². The molecule has 2 N–H and O–H groups in total. The molecule has 1 aliphatic heterocycles. The van der Waals surface area contributed by atoms with Crippen molar-refractivity contribution in [2.24, 2.45) is 0 Å². The van der Waals surface area contributed by atoms with Gasteiger partial charge in [-0.1, -0.05) is 42.5 Å². The lowest BCUT2D eigenvalue weighted by Gasteiger charge is -2.41. The Kier molecular flexibility index (Phi) is 4.83. The number of aromatic nitrogens is 2. The number of H-pyrrole nitrogens is 1. The van der Waals surface area contributed by atoms with E-state index in [-0.39, 0.29) is 11.6 Å². The summed E-state index contributed by atoms with van der Waals surface area (Å²) in [6.45, 7) is 2.77. The Morgan fingerprint density at radius 1 is 1.07 bits per heavy atom. The number of aromatic amines is 1. The number of hydrogen-bond donors (Lipinski definition) is 2. The van der Waals surface area contributed by atoms with Gasteiger partial charge < -0.3 is 10.1 Å². The summed E-state index contributed by atoms with van der Waals surface area (Å²) < 4.78 is 5.20. The quantitative estimate of drug-likeness (QED) is 0.651. The maximum absolute atomic E-state index is 12.9. The number of anilines is 2. The molecule has 1 aromatic heterocycles. The third kappa shape index (κ3) is 3.43. The van der Waals surface area contributed by atoms with Crippen molar-refractivity contribution in [1.29, 1.82) is 0 Å². The van der Waals surface area contributed by atoms with Gasteiger partial charge >= 0.3 is 5.97 Å². The van der Waals surface area contributed by atoms with E-state index in [9.17, 15) is 14.4 Å². The van der Waals surface area contributed by atoms with Crippen molar-refractivity contribution in [1.82, 2.24) is 10.2 Å². The van der Waals surface area contributed by atoms with Crippen molar-refractivity contribution in [2.45, 2.75) is 19.4 Å². The average Bonchev–Trinajstić information content (AvgIpc) is 3.24. The molecule has 0 fully saturated rings. The Morgan fingerprint density at radius 3 is 2.53 bits per heavy atom. The molecule has 0 spiro atoms. The number of ether oxygens (including phenoxy) is 1. The molecule has 0 bridgehead atoms. The SMILES string of the molecule is CC1(C)C(=O)Nc2ccccc2N1C(=O)COC(=O)c1cc(-c2ccccc2)n[nH]1. The van der Waals surface area contributed by atoms with E-state index in [1.54, 1.807) is 44.2 Å². The predicted molar refractivity (Wildman–Crippen MR) is 111 cm³/mol. The number of para-hydroxylation sites is 2. The highest BCUT2D eigenvalue weighted by atomic mass is 16.5. The number of fused-ring (bicyclic) bond motifs is 1. The van der Waals surface area contributed by atoms with E-state index < -0.39 is 24.0 Å². The molecule has 2 heterocycles. The van der Waals surface area contributed by atoms with Gasteiger partial charge in [0.2, 0.25) is 5.91 Å². The van der Waals surface area contributed by atoms with Crippen molar-refractivity contribution in [3.05, 3.63) is 66.4 Å². The number of carbonyl (C=O) groups is 3. The van der Waals surface area contributed by atoms with Gasteiger partial charge in [0.1, 0.15) is 11.2 Å². The van der Waals surface area contributed by atoms with Crippen LogP contribution in [0.15, 0.2) is 60.7 Å². The molecule has 8 nitrogen and oxygen atoms in total. The van der Waals surface area contributed by atoms with E-state index in [2.05, 4.69) is 15.5 Å². The normalized spacial score (nSPS) is 14.6. The van der Waals surface area contributed by atoms with Crippen LogP contribution < -0.4 is 10.2 Å². The Bertz CT molecular complexity index is 1120. The minimum Gasteiger partial charge on any atom is -0.451 e. The summed E-state index contributed by atoms with van der Waals surface area (Å²) in [5, 5.41) is 9.54. The van der Waals surface area contributed by atoms with E-state index in [4.69, 9.17) is 4.74 Å². The van der Waals surface area contributed by atoms with Gasteiger partial charge in [0.05, 0.1) is 17.1 Å². The highest BCUT2D eigenvalue weighted by Gasteiger charge is 2.43. The monoisotopic (exact) mass is 404 g/mol. The lowest BCUT2D eigenvalue weighted by atomic mass is 9.96. The average molecular weight is 404 g/mol. The van der Waals surface area contributed by atoms with Gasteiger partial charge in [-0.3, -0.25) is 19.6 Å². The molecule has 152 valence electrons.